The zero-order chi connectivity index (χ0) is 16.7. The smallest absolute Gasteiger partial charge is 0.167 e. The first kappa shape index (κ1) is 15.7. The summed E-state index contributed by atoms with van der Waals surface area (Å²) in [4.78, 5) is 0. The Morgan fingerprint density at radius 3 is 2.13 bits per heavy atom. The summed E-state index contributed by atoms with van der Waals surface area (Å²) < 4.78 is 29.3. The second kappa shape index (κ2) is 5.77. The monoisotopic (exact) mass is 310 g/mol. The molecule has 0 saturated heterocycles. The predicted molar refractivity (Wildman–Crippen MR) is 92.0 cm³/mol. The van der Waals surface area contributed by atoms with E-state index in [-0.39, 0.29) is 5.92 Å². The third-order valence-electron chi connectivity index (χ3n) is 4.79. The van der Waals surface area contributed by atoms with Crippen LogP contribution in [0.4, 0.5) is 8.78 Å². The minimum absolute atomic E-state index is 0.198. The molecule has 118 valence electrons. The number of hydrogen-bond acceptors (Lipinski definition) is 0. The first-order valence-corrected chi connectivity index (χ1v) is 7.84. The van der Waals surface area contributed by atoms with E-state index in [0.717, 1.165) is 27.6 Å². The van der Waals surface area contributed by atoms with Crippen molar-refractivity contribution in [1.29, 1.82) is 0 Å². The number of hydrogen-bond donors (Lipinski definition) is 0. The zero-order valence-corrected chi connectivity index (χ0v) is 13.9. The summed E-state index contributed by atoms with van der Waals surface area (Å²) in [6.45, 7) is 7.67. The molecule has 1 unspecified atom stereocenters. The van der Waals surface area contributed by atoms with Gasteiger partial charge in [0.1, 0.15) is 0 Å². The van der Waals surface area contributed by atoms with Crippen molar-refractivity contribution < 1.29 is 8.78 Å². The van der Waals surface area contributed by atoms with Gasteiger partial charge in [0, 0.05) is 11.3 Å². The van der Waals surface area contributed by atoms with Crippen LogP contribution in [-0.2, 0) is 0 Å². The van der Waals surface area contributed by atoms with Crippen LogP contribution < -0.4 is 0 Å². The maximum atomic E-state index is 14.7. The number of rotatable bonds is 2. The van der Waals surface area contributed by atoms with Gasteiger partial charge in [0.05, 0.1) is 0 Å². The first-order valence-electron chi connectivity index (χ1n) is 7.84. The third-order valence-corrected chi connectivity index (χ3v) is 4.79. The maximum absolute atomic E-state index is 14.7. The minimum Gasteiger partial charge on any atom is -0.203 e. The molecule has 0 amide bonds. The molecule has 0 fully saturated rings. The van der Waals surface area contributed by atoms with Gasteiger partial charge in [-0.1, -0.05) is 48.9 Å². The van der Waals surface area contributed by atoms with Gasteiger partial charge in [-0.3, -0.25) is 0 Å². The minimum atomic E-state index is -0.738. The van der Waals surface area contributed by atoms with E-state index < -0.39 is 11.6 Å². The molecule has 0 spiro atoms. The van der Waals surface area contributed by atoms with Crippen molar-refractivity contribution in [3.63, 3.8) is 0 Å². The molecule has 1 atom stereocenters. The highest BCUT2D eigenvalue weighted by atomic mass is 19.2. The number of fused-ring (bicyclic) bond motifs is 1. The molecule has 3 rings (SSSR count). The fourth-order valence-corrected chi connectivity index (χ4v) is 3.07. The predicted octanol–water partition coefficient (Wildman–Crippen LogP) is 6.20. The van der Waals surface area contributed by atoms with Crippen LogP contribution in [0.3, 0.4) is 0 Å². The summed E-state index contributed by atoms with van der Waals surface area (Å²) >= 11 is 0. The van der Waals surface area contributed by atoms with Crippen LogP contribution >= 0.6 is 0 Å². The average Bonchev–Trinajstić information content (AvgIpc) is 2.54. The number of benzene rings is 3. The Labute approximate surface area is 135 Å². The molecule has 0 nitrogen and oxygen atoms in total. The molecule has 2 heteroatoms. The van der Waals surface area contributed by atoms with Crippen LogP contribution in [0.25, 0.3) is 10.8 Å². The van der Waals surface area contributed by atoms with E-state index in [4.69, 9.17) is 0 Å². The molecule has 0 aliphatic rings. The van der Waals surface area contributed by atoms with Crippen molar-refractivity contribution in [3.8, 4) is 0 Å². The van der Waals surface area contributed by atoms with Gasteiger partial charge in [-0.15, -0.1) is 0 Å². The topological polar surface area (TPSA) is 0 Å². The highest BCUT2D eigenvalue weighted by Crippen LogP contribution is 2.34. The highest BCUT2D eigenvalue weighted by molar-refractivity contribution is 5.88. The van der Waals surface area contributed by atoms with Crippen LogP contribution in [0.1, 0.15) is 40.7 Å². The van der Waals surface area contributed by atoms with Crippen LogP contribution in [0.2, 0.25) is 0 Å². The van der Waals surface area contributed by atoms with Gasteiger partial charge >= 0.3 is 0 Å². The van der Waals surface area contributed by atoms with Crippen molar-refractivity contribution in [3.05, 3.63) is 81.9 Å². The summed E-state index contributed by atoms with van der Waals surface area (Å²) in [5.74, 6) is -1.67. The van der Waals surface area contributed by atoms with E-state index >= 15 is 0 Å². The second-order valence-electron chi connectivity index (χ2n) is 6.33. The van der Waals surface area contributed by atoms with Crippen molar-refractivity contribution in [2.45, 2.75) is 33.6 Å². The Kier molecular flexibility index (Phi) is 3.93. The molecule has 3 aromatic carbocycles. The summed E-state index contributed by atoms with van der Waals surface area (Å²) in [5, 5.41) is 1.14. The fourth-order valence-electron chi connectivity index (χ4n) is 3.07. The highest BCUT2D eigenvalue weighted by Gasteiger charge is 2.20. The Hall–Kier alpha value is -2.22. The lowest BCUT2D eigenvalue weighted by atomic mass is 9.89. The molecule has 0 aliphatic carbocycles. The zero-order valence-electron chi connectivity index (χ0n) is 13.9. The van der Waals surface area contributed by atoms with Gasteiger partial charge in [0.15, 0.2) is 11.6 Å². The Morgan fingerprint density at radius 1 is 0.826 bits per heavy atom. The van der Waals surface area contributed by atoms with Gasteiger partial charge in [-0.25, -0.2) is 8.78 Å². The molecular weight excluding hydrogens is 290 g/mol. The molecule has 0 N–H and O–H groups in total. The van der Waals surface area contributed by atoms with E-state index in [2.05, 4.69) is 0 Å². The number of aryl methyl sites for hydroxylation is 3. The molecule has 0 radical (unpaired) electrons. The van der Waals surface area contributed by atoms with Crippen molar-refractivity contribution >= 4 is 10.8 Å². The SMILES string of the molecule is Cc1ccc(C(C)c2cc3ccc(C)c(C)c3c(F)c2F)cc1. The summed E-state index contributed by atoms with van der Waals surface area (Å²) in [5.41, 5.74) is 4.31. The van der Waals surface area contributed by atoms with Crippen LogP contribution in [0.5, 0.6) is 0 Å². The molecular formula is C21H20F2. The van der Waals surface area contributed by atoms with E-state index in [1.807, 2.05) is 64.1 Å². The van der Waals surface area contributed by atoms with E-state index in [1.54, 1.807) is 6.07 Å². The number of halogens is 2. The maximum Gasteiger partial charge on any atom is 0.167 e. The van der Waals surface area contributed by atoms with Crippen molar-refractivity contribution in [2.24, 2.45) is 0 Å². The van der Waals surface area contributed by atoms with Gasteiger partial charge < -0.3 is 0 Å². The van der Waals surface area contributed by atoms with E-state index in [1.165, 1.54) is 0 Å². The molecule has 0 saturated carbocycles. The largest absolute Gasteiger partial charge is 0.203 e. The lowest BCUT2D eigenvalue weighted by Gasteiger charge is -2.17. The third kappa shape index (κ3) is 2.63. The standard InChI is InChI=1S/C21H20F2/c1-12-5-8-16(9-6-12)15(4)18-11-17-10-7-13(2)14(3)19(17)21(23)20(18)22/h5-11,15H,1-4H3. The quantitative estimate of drug-likeness (QED) is 0.529. The van der Waals surface area contributed by atoms with Crippen LogP contribution in [0.15, 0.2) is 42.5 Å². The molecule has 0 aromatic heterocycles. The van der Waals surface area contributed by atoms with Crippen molar-refractivity contribution in [1.82, 2.24) is 0 Å². The van der Waals surface area contributed by atoms with Crippen LogP contribution in [0, 0.1) is 32.4 Å². The Balaban J connectivity index is 2.20. The Bertz CT molecular complexity index is 877. The summed E-state index contributed by atoms with van der Waals surface area (Å²) in [6.07, 6.45) is 0. The molecule has 0 aliphatic heterocycles. The normalized spacial score (nSPS) is 12.6. The second-order valence-corrected chi connectivity index (χ2v) is 6.33. The lowest BCUT2D eigenvalue weighted by molar-refractivity contribution is 0.503. The van der Waals surface area contributed by atoms with Gasteiger partial charge in [-0.2, -0.15) is 0 Å². The van der Waals surface area contributed by atoms with Gasteiger partial charge in [0.2, 0.25) is 0 Å². The molecule has 0 bridgehead atoms. The first-order chi connectivity index (χ1) is 10.9. The lowest BCUT2D eigenvalue weighted by Crippen LogP contribution is -2.03. The molecule has 23 heavy (non-hydrogen) atoms. The van der Waals surface area contributed by atoms with Gasteiger partial charge in [-0.05, 0) is 54.5 Å². The average molecular weight is 310 g/mol. The summed E-state index contributed by atoms with van der Waals surface area (Å²) in [6, 6.07) is 13.5. The van der Waals surface area contributed by atoms with Crippen molar-refractivity contribution in [2.75, 3.05) is 0 Å². The van der Waals surface area contributed by atoms with Crippen LogP contribution in [-0.4, -0.2) is 0 Å². The molecule has 0 heterocycles. The molecule has 3 aromatic rings. The fraction of sp³-hybridized carbons (Fsp3) is 0.238. The van der Waals surface area contributed by atoms with E-state index in [0.29, 0.717) is 10.9 Å². The van der Waals surface area contributed by atoms with Gasteiger partial charge in [0.25, 0.3) is 0 Å². The Morgan fingerprint density at radius 2 is 1.48 bits per heavy atom. The van der Waals surface area contributed by atoms with E-state index in [9.17, 15) is 8.78 Å². The summed E-state index contributed by atoms with van der Waals surface area (Å²) in [7, 11) is 0.